The highest BCUT2D eigenvalue weighted by atomic mass is 127. The molecule has 22 heavy (non-hydrogen) atoms. The third-order valence-electron chi connectivity index (χ3n) is 3.32. The highest BCUT2D eigenvalue weighted by Gasteiger charge is 2.27. The molecular formula is C14H20F2IN3O2. The number of aliphatic imine (C=N–C) groups is 1. The van der Waals surface area contributed by atoms with E-state index >= 15 is 0 Å². The maximum atomic E-state index is 12.4. The molecule has 1 aliphatic carbocycles. The zero-order valence-corrected chi connectivity index (χ0v) is 14.8. The molecule has 0 saturated heterocycles. The van der Waals surface area contributed by atoms with E-state index in [9.17, 15) is 8.78 Å². The molecule has 0 spiro atoms. The van der Waals surface area contributed by atoms with Gasteiger partial charge in [0.1, 0.15) is 0 Å². The maximum absolute atomic E-state index is 12.4. The Morgan fingerprint density at radius 1 is 1.41 bits per heavy atom. The molecule has 2 N–H and O–H groups in total. The zero-order chi connectivity index (χ0) is 15.4. The molecule has 1 saturated carbocycles. The predicted octanol–water partition coefficient (Wildman–Crippen LogP) is 2.82. The van der Waals surface area contributed by atoms with Gasteiger partial charge >= 0.3 is 6.61 Å². The van der Waals surface area contributed by atoms with E-state index in [0.29, 0.717) is 18.5 Å². The molecule has 0 amide bonds. The standard InChI is InChI=1S/C14H19F2N3O2.HI/c1-19(10-4-5-10)14(17)18-8-9-3-6-11(20-2)12(7-9)21-13(15)16;/h3,6-7,10,13H,4-5,8H2,1-2H3,(H2,17,18);1H. The number of alkyl halides is 2. The molecule has 1 aromatic rings. The summed E-state index contributed by atoms with van der Waals surface area (Å²) in [4.78, 5) is 6.20. The fourth-order valence-corrected chi connectivity index (χ4v) is 1.94. The number of hydrogen-bond acceptors (Lipinski definition) is 3. The average Bonchev–Trinajstić information content (AvgIpc) is 3.28. The van der Waals surface area contributed by atoms with E-state index in [1.165, 1.54) is 13.2 Å². The van der Waals surface area contributed by atoms with Gasteiger partial charge in [-0.1, -0.05) is 6.07 Å². The van der Waals surface area contributed by atoms with Gasteiger partial charge in [0, 0.05) is 13.1 Å². The number of benzene rings is 1. The van der Waals surface area contributed by atoms with Crippen molar-refractivity contribution in [2.45, 2.75) is 32.0 Å². The maximum Gasteiger partial charge on any atom is 0.387 e. The van der Waals surface area contributed by atoms with Crippen LogP contribution in [0.25, 0.3) is 0 Å². The predicted molar refractivity (Wildman–Crippen MR) is 91.2 cm³/mol. The normalized spacial score (nSPS) is 14.5. The minimum absolute atomic E-state index is 0. The molecule has 0 bridgehead atoms. The van der Waals surface area contributed by atoms with Gasteiger partial charge in [-0.05, 0) is 30.5 Å². The quantitative estimate of drug-likeness (QED) is 0.431. The molecule has 2 rings (SSSR count). The van der Waals surface area contributed by atoms with Gasteiger partial charge in [0.2, 0.25) is 0 Å². The van der Waals surface area contributed by atoms with Crippen molar-refractivity contribution in [3.63, 3.8) is 0 Å². The van der Waals surface area contributed by atoms with E-state index in [2.05, 4.69) is 9.73 Å². The summed E-state index contributed by atoms with van der Waals surface area (Å²) in [7, 11) is 3.30. The van der Waals surface area contributed by atoms with Gasteiger partial charge < -0.3 is 20.1 Å². The van der Waals surface area contributed by atoms with E-state index < -0.39 is 6.61 Å². The lowest BCUT2D eigenvalue weighted by Gasteiger charge is -2.17. The van der Waals surface area contributed by atoms with Crippen molar-refractivity contribution in [1.29, 1.82) is 0 Å². The first kappa shape index (κ1) is 18.7. The lowest BCUT2D eigenvalue weighted by Crippen LogP contribution is -2.35. The number of halogens is 3. The van der Waals surface area contributed by atoms with Gasteiger partial charge in [0.15, 0.2) is 17.5 Å². The second kappa shape index (κ2) is 8.35. The van der Waals surface area contributed by atoms with Crippen molar-refractivity contribution in [3.05, 3.63) is 23.8 Å². The van der Waals surface area contributed by atoms with Crippen LogP contribution in [0.4, 0.5) is 8.78 Å². The molecule has 124 valence electrons. The lowest BCUT2D eigenvalue weighted by molar-refractivity contribution is -0.0512. The van der Waals surface area contributed by atoms with Gasteiger partial charge in [-0.2, -0.15) is 8.78 Å². The molecule has 5 nitrogen and oxygen atoms in total. The first-order valence-corrected chi connectivity index (χ1v) is 6.65. The summed E-state index contributed by atoms with van der Waals surface area (Å²) in [5, 5.41) is 0. The summed E-state index contributed by atoms with van der Waals surface area (Å²) in [5.41, 5.74) is 6.60. The van der Waals surface area contributed by atoms with Gasteiger partial charge in [-0.3, -0.25) is 0 Å². The Bertz CT molecular complexity index is 525. The van der Waals surface area contributed by atoms with Crippen LogP contribution in [0.2, 0.25) is 0 Å². The third-order valence-corrected chi connectivity index (χ3v) is 3.32. The number of rotatable bonds is 6. The van der Waals surface area contributed by atoms with E-state index in [1.807, 2.05) is 11.9 Å². The summed E-state index contributed by atoms with van der Waals surface area (Å²) in [5.74, 6) is 0.699. The summed E-state index contributed by atoms with van der Waals surface area (Å²) >= 11 is 0. The molecule has 0 aliphatic heterocycles. The summed E-state index contributed by atoms with van der Waals surface area (Å²) < 4.78 is 34.1. The first-order chi connectivity index (χ1) is 10.0. The lowest BCUT2D eigenvalue weighted by atomic mass is 10.2. The van der Waals surface area contributed by atoms with Gasteiger partial charge in [-0.15, -0.1) is 24.0 Å². The largest absolute Gasteiger partial charge is 0.493 e. The minimum Gasteiger partial charge on any atom is -0.493 e. The molecule has 1 aromatic carbocycles. The molecule has 0 heterocycles. The molecule has 8 heteroatoms. The van der Waals surface area contributed by atoms with Gasteiger partial charge in [0.25, 0.3) is 0 Å². The van der Waals surface area contributed by atoms with Crippen molar-refractivity contribution >= 4 is 29.9 Å². The zero-order valence-electron chi connectivity index (χ0n) is 12.5. The third kappa shape index (κ3) is 5.15. The topological polar surface area (TPSA) is 60.1 Å². The molecule has 0 unspecified atom stereocenters. The fourth-order valence-electron chi connectivity index (χ4n) is 1.94. The van der Waals surface area contributed by atoms with Crippen molar-refractivity contribution < 1.29 is 18.3 Å². The molecular weight excluding hydrogens is 407 g/mol. The second-order valence-corrected chi connectivity index (χ2v) is 4.88. The summed E-state index contributed by atoms with van der Waals surface area (Å²) in [6, 6.07) is 5.27. The monoisotopic (exact) mass is 427 g/mol. The Balaban J connectivity index is 0.00000242. The van der Waals surface area contributed by atoms with E-state index in [1.54, 1.807) is 12.1 Å². The van der Waals surface area contributed by atoms with Crippen LogP contribution in [0.15, 0.2) is 23.2 Å². The Kier molecular flexibility index (Phi) is 7.11. The molecule has 1 aliphatic rings. The first-order valence-electron chi connectivity index (χ1n) is 6.65. The van der Waals surface area contributed by atoms with Crippen molar-refractivity contribution in [2.24, 2.45) is 10.7 Å². The van der Waals surface area contributed by atoms with Gasteiger partial charge in [-0.25, -0.2) is 4.99 Å². The smallest absolute Gasteiger partial charge is 0.387 e. The van der Waals surface area contributed by atoms with E-state index in [4.69, 9.17) is 10.5 Å². The second-order valence-electron chi connectivity index (χ2n) is 4.88. The van der Waals surface area contributed by atoms with Crippen molar-refractivity contribution in [1.82, 2.24) is 4.90 Å². The number of guanidine groups is 1. The highest BCUT2D eigenvalue weighted by molar-refractivity contribution is 14.0. The van der Waals surface area contributed by atoms with E-state index in [-0.39, 0.29) is 35.5 Å². The number of ether oxygens (including phenoxy) is 2. The van der Waals surface area contributed by atoms with Crippen LogP contribution in [0.1, 0.15) is 18.4 Å². The Labute approximate surface area is 145 Å². The molecule has 1 fully saturated rings. The van der Waals surface area contributed by atoms with Crippen LogP contribution in [0.3, 0.4) is 0 Å². The average molecular weight is 427 g/mol. The summed E-state index contributed by atoms with van der Waals surface area (Å²) in [6.45, 7) is -2.60. The number of nitrogens with zero attached hydrogens (tertiary/aromatic N) is 2. The van der Waals surface area contributed by atoms with Crippen LogP contribution >= 0.6 is 24.0 Å². The number of hydrogen-bond donors (Lipinski definition) is 1. The SMILES string of the molecule is COc1ccc(CN=C(N)N(C)C2CC2)cc1OC(F)F.I. The number of methoxy groups -OCH3 is 1. The van der Waals surface area contributed by atoms with Crippen LogP contribution in [-0.2, 0) is 6.54 Å². The van der Waals surface area contributed by atoms with Gasteiger partial charge in [0.05, 0.1) is 13.7 Å². The Hall–Kier alpha value is -1.32. The minimum atomic E-state index is -2.90. The fraction of sp³-hybridized carbons (Fsp3) is 0.500. The number of nitrogens with two attached hydrogens (primary N) is 1. The van der Waals surface area contributed by atoms with Crippen molar-refractivity contribution in [2.75, 3.05) is 14.2 Å². The van der Waals surface area contributed by atoms with Crippen LogP contribution < -0.4 is 15.2 Å². The van der Waals surface area contributed by atoms with Crippen molar-refractivity contribution in [3.8, 4) is 11.5 Å². The van der Waals surface area contributed by atoms with Crippen LogP contribution in [0.5, 0.6) is 11.5 Å². The summed E-state index contributed by atoms with van der Waals surface area (Å²) in [6.07, 6.45) is 2.25. The van der Waals surface area contributed by atoms with Crippen LogP contribution in [0, 0.1) is 0 Å². The van der Waals surface area contributed by atoms with E-state index in [0.717, 1.165) is 18.4 Å². The molecule has 0 atom stereocenters. The van der Waals surface area contributed by atoms with Crippen LogP contribution in [-0.4, -0.2) is 37.7 Å². The highest BCUT2D eigenvalue weighted by Crippen LogP contribution is 2.30. The molecule has 0 aromatic heterocycles. The Morgan fingerprint density at radius 3 is 2.64 bits per heavy atom. The Morgan fingerprint density at radius 2 is 2.09 bits per heavy atom. The molecule has 0 radical (unpaired) electrons.